The van der Waals surface area contributed by atoms with Gasteiger partial charge in [0.2, 0.25) is 5.91 Å². The fourth-order valence-electron chi connectivity index (χ4n) is 2.93. The zero-order valence-electron chi connectivity index (χ0n) is 15.7. The first-order chi connectivity index (χ1) is 12.9. The molecule has 1 aliphatic heterocycles. The molecule has 1 aromatic carbocycles. The Morgan fingerprint density at radius 3 is 2.48 bits per heavy atom. The number of rotatable bonds is 5. The fraction of sp³-hybridized carbons (Fsp3) is 0.389. The van der Waals surface area contributed by atoms with Crippen LogP contribution >= 0.6 is 0 Å². The Kier molecular flexibility index (Phi) is 5.31. The minimum atomic E-state index is -0.537. The number of nitrogens with zero attached hydrogens (tertiary/aromatic N) is 2. The molecule has 2 heterocycles. The zero-order valence-corrected chi connectivity index (χ0v) is 15.7. The Morgan fingerprint density at radius 2 is 1.89 bits per heavy atom. The van der Waals surface area contributed by atoms with Gasteiger partial charge in [-0.15, -0.1) is 0 Å². The number of aryl methyl sites for hydroxylation is 1. The summed E-state index contributed by atoms with van der Waals surface area (Å²) in [6.45, 7) is 3.73. The molecule has 3 N–H and O–H groups in total. The SMILES string of the molecule is COc1cc(OC)cc(C(=O)Nc2cc(C)nn2C2NC(=O)CC(C)N2)c1. The zero-order chi connectivity index (χ0) is 19.6. The van der Waals surface area contributed by atoms with Crippen molar-refractivity contribution in [2.24, 2.45) is 0 Å². The summed E-state index contributed by atoms with van der Waals surface area (Å²) in [6, 6.07) is 6.66. The first-order valence-corrected chi connectivity index (χ1v) is 8.55. The molecule has 144 valence electrons. The van der Waals surface area contributed by atoms with Gasteiger partial charge < -0.3 is 20.1 Å². The van der Waals surface area contributed by atoms with E-state index in [2.05, 4.69) is 21.0 Å². The molecular formula is C18H23N5O4. The first-order valence-electron chi connectivity index (χ1n) is 8.55. The van der Waals surface area contributed by atoms with E-state index in [-0.39, 0.29) is 17.9 Å². The molecule has 9 nitrogen and oxygen atoms in total. The van der Waals surface area contributed by atoms with E-state index in [4.69, 9.17) is 9.47 Å². The predicted molar refractivity (Wildman–Crippen MR) is 98.9 cm³/mol. The van der Waals surface area contributed by atoms with E-state index < -0.39 is 6.29 Å². The molecule has 1 aliphatic rings. The predicted octanol–water partition coefficient (Wildman–Crippen LogP) is 1.42. The molecule has 9 heteroatoms. The van der Waals surface area contributed by atoms with Gasteiger partial charge in [-0.3, -0.25) is 14.9 Å². The Hall–Kier alpha value is -3.07. The highest BCUT2D eigenvalue weighted by Gasteiger charge is 2.27. The van der Waals surface area contributed by atoms with Gasteiger partial charge in [-0.25, -0.2) is 4.68 Å². The van der Waals surface area contributed by atoms with Gasteiger partial charge in [-0.05, 0) is 26.0 Å². The number of methoxy groups -OCH3 is 2. The molecular weight excluding hydrogens is 350 g/mol. The lowest BCUT2D eigenvalue weighted by atomic mass is 10.2. The number of amides is 2. The average molecular weight is 373 g/mol. The van der Waals surface area contributed by atoms with Crippen molar-refractivity contribution in [3.8, 4) is 11.5 Å². The Morgan fingerprint density at radius 1 is 1.22 bits per heavy atom. The highest BCUT2D eigenvalue weighted by Crippen LogP contribution is 2.24. The number of hydrogen-bond donors (Lipinski definition) is 3. The third-order valence-corrected chi connectivity index (χ3v) is 4.19. The maximum absolute atomic E-state index is 12.8. The van der Waals surface area contributed by atoms with Crippen molar-refractivity contribution in [2.45, 2.75) is 32.6 Å². The maximum atomic E-state index is 12.8. The van der Waals surface area contributed by atoms with Crippen molar-refractivity contribution in [3.05, 3.63) is 35.5 Å². The molecule has 1 fully saturated rings. The number of carbonyl (C=O) groups is 2. The van der Waals surface area contributed by atoms with Crippen LogP contribution in [0, 0.1) is 6.92 Å². The van der Waals surface area contributed by atoms with E-state index in [1.165, 1.54) is 14.2 Å². The highest BCUT2D eigenvalue weighted by atomic mass is 16.5. The van der Waals surface area contributed by atoms with Crippen molar-refractivity contribution in [2.75, 3.05) is 19.5 Å². The minimum Gasteiger partial charge on any atom is -0.497 e. The van der Waals surface area contributed by atoms with Crippen molar-refractivity contribution in [1.82, 2.24) is 20.4 Å². The summed E-state index contributed by atoms with van der Waals surface area (Å²) in [5.74, 6) is 1.07. The quantitative estimate of drug-likeness (QED) is 0.732. The summed E-state index contributed by atoms with van der Waals surface area (Å²) in [5, 5.41) is 13.3. The molecule has 2 amide bonds. The number of aromatic nitrogens is 2. The van der Waals surface area contributed by atoms with E-state index >= 15 is 0 Å². The lowest BCUT2D eigenvalue weighted by Gasteiger charge is -2.30. The molecule has 2 aromatic rings. The van der Waals surface area contributed by atoms with Gasteiger partial charge in [0.05, 0.1) is 19.9 Å². The van der Waals surface area contributed by atoms with Crippen LogP contribution in [0.1, 0.15) is 35.7 Å². The molecule has 0 bridgehead atoms. The van der Waals surface area contributed by atoms with Crippen molar-refractivity contribution in [3.63, 3.8) is 0 Å². The number of ether oxygens (including phenoxy) is 2. The van der Waals surface area contributed by atoms with Crippen LogP contribution < -0.4 is 25.4 Å². The van der Waals surface area contributed by atoms with Gasteiger partial charge in [-0.1, -0.05) is 0 Å². The third kappa shape index (κ3) is 4.20. The Bertz CT molecular complexity index is 841. The summed E-state index contributed by atoms with van der Waals surface area (Å²) < 4.78 is 12.0. The van der Waals surface area contributed by atoms with E-state index in [1.807, 2.05) is 13.8 Å². The van der Waals surface area contributed by atoms with Crippen LogP contribution in [-0.2, 0) is 4.79 Å². The van der Waals surface area contributed by atoms with Crippen LogP contribution in [0.2, 0.25) is 0 Å². The second kappa shape index (κ2) is 7.67. The van der Waals surface area contributed by atoms with E-state index in [9.17, 15) is 9.59 Å². The lowest BCUT2D eigenvalue weighted by Crippen LogP contribution is -2.52. The van der Waals surface area contributed by atoms with Gasteiger partial charge >= 0.3 is 0 Å². The van der Waals surface area contributed by atoms with Crippen molar-refractivity contribution >= 4 is 17.6 Å². The third-order valence-electron chi connectivity index (χ3n) is 4.19. The van der Waals surface area contributed by atoms with Gasteiger partial charge in [0.25, 0.3) is 5.91 Å². The standard InChI is InChI=1S/C18H23N5O4/c1-10-6-16(24)21-18(19-10)23-15(5-11(2)22-23)20-17(25)12-7-13(26-3)9-14(8-12)27-4/h5,7-10,18-19H,6H2,1-4H3,(H,20,25)(H,21,24). The molecule has 0 aliphatic carbocycles. The van der Waals surface area contributed by atoms with Crippen LogP contribution in [0.3, 0.4) is 0 Å². The second-order valence-electron chi connectivity index (χ2n) is 6.41. The molecule has 1 saturated heterocycles. The molecule has 3 rings (SSSR count). The smallest absolute Gasteiger partial charge is 0.257 e. The van der Waals surface area contributed by atoms with Crippen LogP contribution in [0.4, 0.5) is 5.82 Å². The average Bonchev–Trinajstić information content (AvgIpc) is 3.00. The Labute approximate surface area is 157 Å². The van der Waals surface area contributed by atoms with Gasteiger partial charge in [0.1, 0.15) is 17.3 Å². The number of carbonyl (C=O) groups excluding carboxylic acids is 2. The number of benzene rings is 1. The van der Waals surface area contributed by atoms with Crippen LogP contribution in [-0.4, -0.2) is 41.9 Å². The van der Waals surface area contributed by atoms with E-state index in [0.29, 0.717) is 35.0 Å². The second-order valence-corrected chi connectivity index (χ2v) is 6.41. The van der Waals surface area contributed by atoms with Crippen molar-refractivity contribution < 1.29 is 19.1 Å². The molecule has 1 aromatic heterocycles. The monoisotopic (exact) mass is 373 g/mol. The molecule has 0 spiro atoms. The van der Waals surface area contributed by atoms with Gasteiger partial charge in [-0.2, -0.15) is 5.10 Å². The lowest BCUT2D eigenvalue weighted by molar-refractivity contribution is -0.125. The summed E-state index contributed by atoms with van der Waals surface area (Å²) in [7, 11) is 3.04. The normalized spacial score (nSPS) is 19.3. The Balaban J connectivity index is 1.86. The summed E-state index contributed by atoms with van der Waals surface area (Å²) in [5.41, 5.74) is 1.09. The molecule has 2 atom stereocenters. The minimum absolute atomic E-state index is 0.000506. The molecule has 0 radical (unpaired) electrons. The number of anilines is 1. The summed E-state index contributed by atoms with van der Waals surface area (Å²) in [4.78, 5) is 24.6. The van der Waals surface area contributed by atoms with E-state index in [1.54, 1.807) is 28.9 Å². The molecule has 2 unspecified atom stereocenters. The first kappa shape index (κ1) is 18.7. The van der Waals surface area contributed by atoms with Gasteiger partial charge in [0, 0.05) is 30.2 Å². The number of hydrogen-bond acceptors (Lipinski definition) is 6. The van der Waals surface area contributed by atoms with Gasteiger partial charge in [0.15, 0.2) is 6.29 Å². The highest BCUT2D eigenvalue weighted by molar-refractivity contribution is 6.04. The summed E-state index contributed by atoms with van der Waals surface area (Å²) in [6.07, 6.45) is -0.146. The number of nitrogens with one attached hydrogen (secondary N) is 3. The van der Waals surface area contributed by atoms with Crippen LogP contribution in [0.5, 0.6) is 11.5 Å². The maximum Gasteiger partial charge on any atom is 0.257 e. The topological polar surface area (TPSA) is 107 Å². The summed E-state index contributed by atoms with van der Waals surface area (Å²) >= 11 is 0. The van der Waals surface area contributed by atoms with Crippen LogP contribution in [0.25, 0.3) is 0 Å². The molecule has 27 heavy (non-hydrogen) atoms. The van der Waals surface area contributed by atoms with Crippen LogP contribution in [0.15, 0.2) is 24.3 Å². The van der Waals surface area contributed by atoms with Crippen molar-refractivity contribution in [1.29, 1.82) is 0 Å². The molecule has 0 saturated carbocycles. The largest absolute Gasteiger partial charge is 0.497 e. The van der Waals surface area contributed by atoms with E-state index in [0.717, 1.165) is 0 Å². The fourth-order valence-corrected chi connectivity index (χ4v) is 2.93.